The van der Waals surface area contributed by atoms with Crippen molar-refractivity contribution >= 4 is 22.9 Å². The van der Waals surface area contributed by atoms with Gasteiger partial charge in [0.25, 0.3) is 0 Å². The van der Waals surface area contributed by atoms with Crippen LogP contribution < -0.4 is 11.1 Å². The van der Waals surface area contributed by atoms with Gasteiger partial charge in [-0.3, -0.25) is 0 Å². The number of nitrogens with two attached hydrogens (primary N) is 1. The minimum Gasteiger partial charge on any atom is -0.389 e. The van der Waals surface area contributed by atoms with Gasteiger partial charge in [0, 0.05) is 17.8 Å². The molecule has 19 heavy (non-hydrogen) atoms. The molecule has 2 rings (SSSR count). The third-order valence-electron chi connectivity index (χ3n) is 3.11. The quantitative estimate of drug-likeness (QED) is 0.834. The highest BCUT2D eigenvalue weighted by Gasteiger charge is 2.02. The predicted octanol–water partition coefficient (Wildman–Crippen LogP) is 3.55. The summed E-state index contributed by atoms with van der Waals surface area (Å²) < 4.78 is 0. The van der Waals surface area contributed by atoms with Gasteiger partial charge in [-0.15, -0.1) is 0 Å². The predicted molar refractivity (Wildman–Crippen MR) is 85.6 cm³/mol. The van der Waals surface area contributed by atoms with Crippen LogP contribution in [0.15, 0.2) is 42.5 Å². The van der Waals surface area contributed by atoms with Crippen LogP contribution in [0.3, 0.4) is 0 Å². The van der Waals surface area contributed by atoms with E-state index in [1.54, 1.807) is 0 Å². The number of nitrogens with one attached hydrogen (secondary N) is 1. The van der Waals surface area contributed by atoms with Gasteiger partial charge in [0.2, 0.25) is 0 Å². The Labute approximate surface area is 119 Å². The summed E-state index contributed by atoms with van der Waals surface area (Å²) in [5.74, 6) is 0. The summed E-state index contributed by atoms with van der Waals surface area (Å²) in [6.45, 7) is 4.92. The molecule has 0 fully saturated rings. The fraction of sp³-hybridized carbons (Fsp3) is 0.188. The highest BCUT2D eigenvalue weighted by Crippen LogP contribution is 2.16. The first kappa shape index (κ1) is 13.6. The van der Waals surface area contributed by atoms with E-state index in [4.69, 9.17) is 18.0 Å². The van der Waals surface area contributed by atoms with Gasteiger partial charge < -0.3 is 11.1 Å². The lowest BCUT2D eigenvalue weighted by molar-refractivity contribution is 1.14. The van der Waals surface area contributed by atoms with Crippen molar-refractivity contribution in [1.82, 2.24) is 0 Å². The molecule has 0 spiro atoms. The van der Waals surface area contributed by atoms with Crippen LogP contribution in [-0.4, -0.2) is 4.99 Å². The van der Waals surface area contributed by atoms with E-state index in [0.717, 1.165) is 23.4 Å². The first-order valence-corrected chi connectivity index (χ1v) is 6.67. The van der Waals surface area contributed by atoms with E-state index in [0.29, 0.717) is 4.99 Å². The molecule has 0 radical (unpaired) electrons. The SMILES string of the molecule is Cc1ccc(CNc2ccc(C(N)=S)c(C)c2)cc1. The Morgan fingerprint density at radius 3 is 2.37 bits per heavy atom. The lowest BCUT2D eigenvalue weighted by Gasteiger charge is -2.10. The van der Waals surface area contributed by atoms with Crippen molar-refractivity contribution in [2.45, 2.75) is 20.4 Å². The molecule has 3 N–H and O–H groups in total. The number of thiocarbonyl (C=S) groups is 1. The number of hydrogen-bond acceptors (Lipinski definition) is 2. The standard InChI is InChI=1S/C16H18N2S/c1-11-3-5-13(6-4-11)10-18-14-7-8-15(16(17)19)12(2)9-14/h3-9,18H,10H2,1-2H3,(H2,17,19). The molecule has 0 aromatic heterocycles. The molecule has 0 amide bonds. The first-order chi connectivity index (χ1) is 9.06. The van der Waals surface area contributed by atoms with Crippen molar-refractivity contribution < 1.29 is 0 Å². The summed E-state index contributed by atoms with van der Waals surface area (Å²) in [6, 6.07) is 14.6. The summed E-state index contributed by atoms with van der Waals surface area (Å²) >= 11 is 5.00. The van der Waals surface area contributed by atoms with E-state index in [1.807, 2.05) is 19.1 Å². The Bertz CT molecular complexity index is 588. The second kappa shape index (κ2) is 5.85. The van der Waals surface area contributed by atoms with Crippen LogP contribution in [0.25, 0.3) is 0 Å². The Morgan fingerprint density at radius 1 is 1.11 bits per heavy atom. The van der Waals surface area contributed by atoms with Gasteiger partial charge in [-0.05, 0) is 43.2 Å². The third-order valence-corrected chi connectivity index (χ3v) is 3.33. The van der Waals surface area contributed by atoms with E-state index in [9.17, 15) is 0 Å². The fourth-order valence-electron chi connectivity index (χ4n) is 1.96. The third kappa shape index (κ3) is 3.55. The Balaban J connectivity index is 2.06. The lowest BCUT2D eigenvalue weighted by atomic mass is 10.1. The second-order valence-electron chi connectivity index (χ2n) is 4.73. The minimum absolute atomic E-state index is 0.447. The Hall–Kier alpha value is -1.87. The lowest BCUT2D eigenvalue weighted by Crippen LogP contribution is -2.11. The van der Waals surface area contributed by atoms with Gasteiger partial charge in [-0.25, -0.2) is 0 Å². The smallest absolute Gasteiger partial charge is 0.104 e. The van der Waals surface area contributed by atoms with Crippen LogP contribution in [0, 0.1) is 13.8 Å². The van der Waals surface area contributed by atoms with Crippen molar-refractivity contribution in [3.05, 3.63) is 64.7 Å². The zero-order valence-corrected chi connectivity index (χ0v) is 12.1. The van der Waals surface area contributed by atoms with E-state index in [-0.39, 0.29) is 0 Å². The molecule has 2 aromatic carbocycles. The molecule has 2 nitrogen and oxygen atoms in total. The number of rotatable bonds is 4. The monoisotopic (exact) mass is 270 g/mol. The topological polar surface area (TPSA) is 38.0 Å². The van der Waals surface area contributed by atoms with E-state index in [1.165, 1.54) is 11.1 Å². The molecule has 2 aromatic rings. The fourth-order valence-corrected chi connectivity index (χ4v) is 2.19. The molecule has 0 aliphatic rings. The molecule has 0 saturated carbocycles. The Kier molecular flexibility index (Phi) is 4.17. The van der Waals surface area contributed by atoms with Crippen molar-refractivity contribution in [1.29, 1.82) is 0 Å². The average molecular weight is 270 g/mol. The second-order valence-corrected chi connectivity index (χ2v) is 5.17. The van der Waals surface area contributed by atoms with Gasteiger partial charge in [0.1, 0.15) is 4.99 Å². The van der Waals surface area contributed by atoms with E-state index in [2.05, 4.69) is 42.6 Å². The van der Waals surface area contributed by atoms with Crippen molar-refractivity contribution in [2.75, 3.05) is 5.32 Å². The highest BCUT2D eigenvalue weighted by atomic mass is 32.1. The minimum atomic E-state index is 0.447. The largest absolute Gasteiger partial charge is 0.389 e. The van der Waals surface area contributed by atoms with Gasteiger partial charge in [-0.2, -0.15) is 0 Å². The summed E-state index contributed by atoms with van der Waals surface area (Å²) in [4.78, 5) is 0.447. The average Bonchev–Trinajstić information content (AvgIpc) is 2.37. The Morgan fingerprint density at radius 2 is 1.79 bits per heavy atom. The highest BCUT2D eigenvalue weighted by molar-refractivity contribution is 7.80. The number of benzene rings is 2. The molecule has 0 heterocycles. The molecule has 0 atom stereocenters. The summed E-state index contributed by atoms with van der Waals surface area (Å²) in [5.41, 5.74) is 11.3. The molecule has 0 unspecified atom stereocenters. The maximum absolute atomic E-state index is 5.65. The molecule has 0 aliphatic heterocycles. The zero-order chi connectivity index (χ0) is 13.8. The van der Waals surface area contributed by atoms with Crippen LogP contribution in [0.1, 0.15) is 22.3 Å². The van der Waals surface area contributed by atoms with Crippen LogP contribution in [0.2, 0.25) is 0 Å². The van der Waals surface area contributed by atoms with Crippen molar-refractivity contribution in [2.24, 2.45) is 5.73 Å². The molecule has 0 aliphatic carbocycles. The summed E-state index contributed by atoms with van der Waals surface area (Å²) in [6.07, 6.45) is 0. The first-order valence-electron chi connectivity index (χ1n) is 6.26. The normalized spacial score (nSPS) is 10.2. The van der Waals surface area contributed by atoms with E-state index >= 15 is 0 Å². The molecular formula is C16H18N2S. The maximum Gasteiger partial charge on any atom is 0.104 e. The maximum atomic E-state index is 5.65. The van der Waals surface area contributed by atoms with Gasteiger partial charge in [0.05, 0.1) is 0 Å². The van der Waals surface area contributed by atoms with Gasteiger partial charge in [-0.1, -0.05) is 42.0 Å². The van der Waals surface area contributed by atoms with Crippen LogP contribution >= 0.6 is 12.2 Å². The molecule has 98 valence electrons. The van der Waals surface area contributed by atoms with Gasteiger partial charge in [0.15, 0.2) is 0 Å². The van der Waals surface area contributed by atoms with Crippen molar-refractivity contribution in [3.63, 3.8) is 0 Å². The van der Waals surface area contributed by atoms with Crippen molar-refractivity contribution in [3.8, 4) is 0 Å². The van der Waals surface area contributed by atoms with Crippen LogP contribution in [-0.2, 0) is 6.54 Å². The number of aryl methyl sites for hydroxylation is 2. The molecule has 0 bridgehead atoms. The molecule has 0 saturated heterocycles. The summed E-state index contributed by atoms with van der Waals surface area (Å²) in [5, 5.41) is 3.40. The van der Waals surface area contributed by atoms with Crippen LogP contribution in [0.4, 0.5) is 5.69 Å². The number of hydrogen-bond donors (Lipinski definition) is 2. The van der Waals surface area contributed by atoms with Gasteiger partial charge >= 0.3 is 0 Å². The zero-order valence-electron chi connectivity index (χ0n) is 11.2. The number of anilines is 1. The molecular weight excluding hydrogens is 252 g/mol. The van der Waals surface area contributed by atoms with E-state index < -0.39 is 0 Å². The van der Waals surface area contributed by atoms with Crippen LogP contribution in [0.5, 0.6) is 0 Å². The molecule has 3 heteroatoms. The summed E-state index contributed by atoms with van der Waals surface area (Å²) in [7, 11) is 0.